The maximum absolute atomic E-state index is 12.5. The molecule has 0 aromatic heterocycles. The minimum atomic E-state index is -0.532. The highest BCUT2D eigenvalue weighted by molar-refractivity contribution is 6.42. The summed E-state index contributed by atoms with van der Waals surface area (Å²) in [7, 11) is 0. The van der Waals surface area contributed by atoms with E-state index in [9.17, 15) is 9.90 Å². The van der Waals surface area contributed by atoms with Crippen molar-refractivity contribution in [1.29, 1.82) is 0 Å². The van der Waals surface area contributed by atoms with Crippen molar-refractivity contribution in [3.63, 3.8) is 0 Å². The second-order valence-corrected chi connectivity index (χ2v) is 11.7. The average molecular weight is 562 g/mol. The number of aliphatic hydroxyl groups excluding tert-OH is 1. The molecule has 2 atom stereocenters. The third kappa shape index (κ3) is 5.36. The number of para-hydroxylation sites is 1. The van der Waals surface area contributed by atoms with Crippen LogP contribution in [0.2, 0.25) is 10.0 Å². The summed E-state index contributed by atoms with van der Waals surface area (Å²) >= 11 is 12.6. The highest BCUT2D eigenvalue weighted by Gasteiger charge is 2.50. The molecule has 0 saturated carbocycles. The van der Waals surface area contributed by atoms with Gasteiger partial charge in [0, 0.05) is 37.3 Å². The second-order valence-electron chi connectivity index (χ2n) is 10.9. The molecular weight excluding hydrogens is 523 g/mol. The van der Waals surface area contributed by atoms with Crippen molar-refractivity contribution in [1.82, 2.24) is 15.1 Å². The Morgan fingerprint density at radius 2 is 1.84 bits per heavy atom. The fourth-order valence-electron chi connectivity index (χ4n) is 6.63. The van der Waals surface area contributed by atoms with Gasteiger partial charge in [-0.25, -0.2) is 4.79 Å². The topological polar surface area (TPSA) is 68.3 Å². The zero-order valence-electron chi connectivity index (χ0n) is 22.0. The highest BCUT2D eigenvalue weighted by atomic mass is 35.5. The van der Waals surface area contributed by atoms with E-state index in [-0.39, 0.29) is 17.0 Å². The van der Waals surface area contributed by atoms with Crippen LogP contribution in [0.25, 0.3) is 0 Å². The number of hydrogen-bond donors (Lipinski definition) is 2. The number of benzene rings is 2. The third-order valence-corrected chi connectivity index (χ3v) is 9.56. The fraction of sp³-hybridized carbons (Fsp3) is 0.552. The normalized spacial score (nSPS) is 25.3. The summed E-state index contributed by atoms with van der Waals surface area (Å²) in [5.74, 6) is 0. The number of aliphatic hydroxyl groups is 1. The lowest BCUT2D eigenvalue weighted by Crippen LogP contribution is -2.58. The van der Waals surface area contributed by atoms with Crippen LogP contribution in [0, 0.1) is 0 Å². The van der Waals surface area contributed by atoms with Gasteiger partial charge in [0.05, 0.1) is 28.9 Å². The molecule has 3 fully saturated rings. The molecule has 3 saturated heterocycles. The molecule has 0 radical (unpaired) electrons. The highest BCUT2D eigenvalue weighted by Crippen LogP contribution is 2.42. The first-order valence-electron chi connectivity index (χ1n) is 13.7. The summed E-state index contributed by atoms with van der Waals surface area (Å²) in [5, 5.41) is 15.3. The van der Waals surface area contributed by atoms with Gasteiger partial charge in [-0.05, 0) is 75.4 Å². The van der Waals surface area contributed by atoms with E-state index in [2.05, 4.69) is 45.4 Å². The Hall–Kier alpha value is -2.03. The number of ether oxygens (including phenoxy) is 1. The van der Waals surface area contributed by atoms with Crippen molar-refractivity contribution < 1.29 is 14.6 Å². The Kier molecular flexibility index (Phi) is 8.41. The van der Waals surface area contributed by atoms with Crippen LogP contribution in [-0.4, -0.2) is 78.8 Å². The van der Waals surface area contributed by atoms with Gasteiger partial charge in [0.1, 0.15) is 6.23 Å². The predicted molar refractivity (Wildman–Crippen MR) is 152 cm³/mol. The molecule has 2 N–H and O–H groups in total. The van der Waals surface area contributed by atoms with Gasteiger partial charge in [0.15, 0.2) is 0 Å². The fourth-order valence-corrected chi connectivity index (χ4v) is 6.93. The van der Waals surface area contributed by atoms with Crippen LogP contribution in [0.3, 0.4) is 0 Å². The van der Waals surface area contributed by atoms with Gasteiger partial charge in [-0.3, -0.25) is 5.32 Å². The summed E-state index contributed by atoms with van der Waals surface area (Å²) in [6, 6.07) is 16.3. The van der Waals surface area contributed by atoms with Crippen LogP contribution in [0.5, 0.6) is 0 Å². The molecular formula is C29H38Cl2N4O3. The van der Waals surface area contributed by atoms with Crippen molar-refractivity contribution >= 4 is 35.0 Å². The van der Waals surface area contributed by atoms with Crippen LogP contribution in [0.1, 0.15) is 44.6 Å². The molecule has 2 aromatic rings. The number of piperidine rings is 1. The summed E-state index contributed by atoms with van der Waals surface area (Å²) in [4.78, 5) is 19.2. The molecule has 2 aromatic carbocycles. The lowest BCUT2D eigenvalue weighted by molar-refractivity contribution is 0.0429. The summed E-state index contributed by atoms with van der Waals surface area (Å²) in [6.45, 7) is 7.03. The number of anilines is 1. The number of rotatable bonds is 7. The number of hydrogen-bond acceptors (Lipinski definition) is 6. The Balaban J connectivity index is 1.23. The molecule has 0 aliphatic carbocycles. The smallest absolute Gasteiger partial charge is 0.409 e. The van der Waals surface area contributed by atoms with Gasteiger partial charge in [-0.15, -0.1) is 0 Å². The summed E-state index contributed by atoms with van der Waals surface area (Å²) < 4.78 is 5.29. The van der Waals surface area contributed by atoms with Crippen molar-refractivity contribution in [2.75, 3.05) is 50.9 Å². The molecule has 1 unspecified atom stereocenters. The van der Waals surface area contributed by atoms with Gasteiger partial charge in [0.25, 0.3) is 0 Å². The van der Waals surface area contributed by atoms with Crippen LogP contribution in [0.15, 0.2) is 48.5 Å². The van der Waals surface area contributed by atoms with E-state index in [0.717, 1.165) is 63.0 Å². The Bertz CT molecular complexity index is 1110. The number of carbonyl (C=O) groups excluding carboxylic acids is 1. The Morgan fingerprint density at radius 3 is 2.55 bits per heavy atom. The lowest BCUT2D eigenvalue weighted by atomic mass is 9.76. The number of likely N-dealkylation sites (tertiary alicyclic amines) is 2. The molecule has 206 valence electrons. The van der Waals surface area contributed by atoms with Gasteiger partial charge in [-0.2, -0.15) is 0 Å². The molecule has 1 amide bonds. The second kappa shape index (κ2) is 11.6. The van der Waals surface area contributed by atoms with Crippen molar-refractivity contribution in [2.45, 2.75) is 56.2 Å². The summed E-state index contributed by atoms with van der Waals surface area (Å²) in [5.41, 5.74) is 1.84. The quantitative estimate of drug-likeness (QED) is 0.491. The first-order chi connectivity index (χ1) is 18.4. The van der Waals surface area contributed by atoms with E-state index < -0.39 is 6.23 Å². The molecule has 0 bridgehead atoms. The summed E-state index contributed by atoms with van der Waals surface area (Å²) in [6.07, 6.45) is 3.86. The van der Waals surface area contributed by atoms with Crippen molar-refractivity contribution in [3.05, 3.63) is 64.1 Å². The first kappa shape index (κ1) is 27.5. The molecule has 3 aliphatic rings. The number of nitrogens with one attached hydrogen (secondary N) is 1. The monoisotopic (exact) mass is 560 g/mol. The van der Waals surface area contributed by atoms with Gasteiger partial charge in [-0.1, -0.05) is 47.5 Å². The number of carbonyl (C=O) groups is 1. The molecule has 9 heteroatoms. The third-order valence-electron chi connectivity index (χ3n) is 8.82. The van der Waals surface area contributed by atoms with E-state index in [1.54, 1.807) is 0 Å². The molecule has 3 heterocycles. The first-order valence-corrected chi connectivity index (χ1v) is 14.5. The van der Waals surface area contributed by atoms with E-state index in [1.807, 2.05) is 30.0 Å². The SMILES string of the molecule is CCOC(=O)N1CCC(CCCN2CCC3(CC2)[C@H](O)NCN3c2ccccc2)(c2ccc(Cl)c(Cl)c2)C1. The average Bonchev–Trinajstić information content (AvgIpc) is 3.50. The van der Waals surface area contributed by atoms with E-state index in [0.29, 0.717) is 36.4 Å². The van der Waals surface area contributed by atoms with Crippen molar-refractivity contribution in [3.8, 4) is 0 Å². The van der Waals surface area contributed by atoms with E-state index in [1.165, 1.54) is 0 Å². The predicted octanol–water partition coefficient (Wildman–Crippen LogP) is 5.09. The van der Waals surface area contributed by atoms with Crippen LogP contribution in [0.4, 0.5) is 10.5 Å². The molecule has 3 aliphatic heterocycles. The molecule has 38 heavy (non-hydrogen) atoms. The number of halogens is 2. The minimum Gasteiger partial charge on any atom is -0.450 e. The largest absolute Gasteiger partial charge is 0.450 e. The molecule has 7 nitrogen and oxygen atoms in total. The maximum atomic E-state index is 12.5. The van der Waals surface area contributed by atoms with Crippen LogP contribution < -0.4 is 10.2 Å². The number of nitrogens with zero attached hydrogens (tertiary/aromatic N) is 3. The maximum Gasteiger partial charge on any atom is 0.409 e. The van der Waals surface area contributed by atoms with Crippen molar-refractivity contribution in [2.24, 2.45) is 0 Å². The Labute approximate surface area is 235 Å². The van der Waals surface area contributed by atoms with Gasteiger partial charge >= 0.3 is 6.09 Å². The standard InChI is InChI=1S/C29H38Cl2N4O3/c1-2-38-27(37)34-18-12-28(20-34,22-9-10-24(30)25(31)19-22)11-6-15-33-16-13-29(14-17-33)26(36)32-21-35(29)23-7-4-3-5-8-23/h3-5,7-10,19,26,32,36H,2,6,11-18,20-21H2,1H3/t26-,28?/m0/s1. The van der Waals surface area contributed by atoms with Gasteiger partial charge < -0.3 is 24.5 Å². The molecule has 1 spiro atoms. The zero-order valence-corrected chi connectivity index (χ0v) is 23.6. The van der Waals surface area contributed by atoms with E-state index in [4.69, 9.17) is 27.9 Å². The zero-order chi connectivity index (χ0) is 26.8. The molecule has 5 rings (SSSR count). The van der Waals surface area contributed by atoms with Crippen LogP contribution >= 0.6 is 23.2 Å². The lowest BCUT2D eigenvalue weighted by Gasteiger charge is -2.46. The van der Waals surface area contributed by atoms with E-state index >= 15 is 0 Å². The Morgan fingerprint density at radius 1 is 1.08 bits per heavy atom. The number of amides is 1. The van der Waals surface area contributed by atoms with Crippen LogP contribution in [-0.2, 0) is 10.2 Å². The minimum absolute atomic E-state index is 0.173. The van der Waals surface area contributed by atoms with Gasteiger partial charge in [0.2, 0.25) is 0 Å².